The van der Waals surface area contributed by atoms with Crippen LogP contribution < -0.4 is 5.32 Å². The second-order valence-corrected chi connectivity index (χ2v) is 4.84. The van der Waals surface area contributed by atoms with Crippen molar-refractivity contribution in [3.63, 3.8) is 0 Å². The van der Waals surface area contributed by atoms with Crippen LogP contribution in [0.2, 0.25) is 0 Å². The van der Waals surface area contributed by atoms with Crippen LogP contribution in [0.25, 0.3) is 0 Å². The molecule has 0 aromatic rings. The highest BCUT2D eigenvalue weighted by molar-refractivity contribution is 5.83. The van der Waals surface area contributed by atoms with E-state index in [4.69, 9.17) is 5.11 Å². The normalized spacial score (nSPS) is 32.5. The Bertz CT molecular complexity index is 239. The summed E-state index contributed by atoms with van der Waals surface area (Å²) in [4.78, 5) is 13.9. The van der Waals surface area contributed by atoms with Crippen molar-refractivity contribution in [2.75, 3.05) is 26.2 Å². The molecular weight excluding hydrogens is 192 g/mol. The highest BCUT2D eigenvalue weighted by Gasteiger charge is 2.36. The minimum absolute atomic E-state index is 0.0124. The fraction of sp³-hybridized carbons (Fsp3) is 0.909. The summed E-state index contributed by atoms with van der Waals surface area (Å²) in [6.07, 6.45) is 2.31. The Morgan fingerprint density at radius 2 is 2.27 bits per heavy atom. The van der Waals surface area contributed by atoms with Crippen molar-refractivity contribution in [2.24, 2.45) is 11.8 Å². The highest BCUT2D eigenvalue weighted by Crippen LogP contribution is 2.22. The molecule has 86 valence electrons. The highest BCUT2D eigenvalue weighted by atomic mass is 16.3. The number of aliphatic hydroxyl groups is 1. The van der Waals surface area contributed by atoms with Crippen LogP contribution in [-0.4, -0.2) is 48.2 Å². The topological polar surface area (TPSA) is 52.6 Å². The lowest BCUT2D eigenvalue weighted by molar-refractivity contribution is -0.142. The van der Waals surface area contributed by atoms with Crippen LogP contribution in [0.4, 0.5) is 0 Å². The van der Waals surface area contributed by atoms with E-state index in [-0.39, 0.29) is 18.6 Å². The first kappa shape index (κ1) is 10.9. The van der Waals surface area contributed by atoms with Gasteiger partial charge in [0, 0.05) is 25.6 Å². The van der Waals surface area contributed by atoms with Crippen molar-refractivity contribution < 1.29 is 9.90 Å². The molecule has 0 aromatic carbocycles. The van der Waals surface area contributed by atoms with Crippen molar-refractivity contribution in [2.45, 2.75) is 25.8 Å². The molecule has 2 N–H and O–H groups in total. The molecule has 15 heavy (non-hydrogen) atoms. The zero-order valence-electron chi connectivity index (χ0n) is 9.28. The minimum Gasteiger partial charge on any atom is -0.396 e. The lowest BCUT2D eigenvalue weighted by Gasteiger charge is -2.42. The molecular formula is C11H20N2O2. The average molecular weight is 212 g/mol. The van der Waals surface area contributed by atoms with Crippen LogP contribution in [0.5, 0.6) is 0 Å². The van der Waals surface area contributed by atoms with Crippen LogP contribution in [0.1, 0.15) is 19.8 Å². The predicted octanol–water partition coefficient (Wildman–Crippen LogP) is -0.175. The quantitative estimate of drug-likeness (QED) is 0.668. The Labute approximate surface area is 90.6 Å². The van der Waals surface area contributed by atoms with Crippen LogP contribution in [0.15, 0.2) is 0 Å². The summed E-state index contributed by atoms with van der Waals surface area (Å²) >= 11 is 0. The Balaban J connectivity index is 1.85. The molecule has 0 aromatic heterocycles. The van der Waals surface area contributed by atoms with E-state index in [1.165, 1.54) is 6.42 Å². The molecule has 2 aliphatic heterocycles. The summed E-state index contributed by atoms with van der Waals surface area (Å²) in [6, 6.07) is 0.0124. The van der Waals surface area contributed by atoms with E-state index in [9.17, 15) is 4.79 Å². The molecule has 0 bridgehead atoms. The standard InChI is InChI=1S/C11H20N2O2/c1-8-3-2-4-12-10(8)11(15)13-5-9(6-13)7-14/h8-10,12,14H,2-7H2,1H3. The molecule has 0 aliphatic carbocycles. The zero-order chi connectivity index (χ0) is 10.8. The molecule has 2 fully saturated rings. The minimum atomic E-state index is 0.0124. The third-order valence-corrected chi connectivity index (χ3v) is 3.56. The molecule has 1 amide bonds. The molecule has 0 radical (unpaired) electrons. The summed E-state index contributed by atoms with van der Waals surface area (Å²) < 4.78 is 0. The van der Waals surface area contributed by atoms with Gasteiger partial charge in [-0.3, -0.25) is 4.79 Å². The number of hydrogen-bond donors (Lipinski definition) is 2. The number of piperidine rings is 1. The van der Waals surface area contributed by atoms with Gasteiger partial charge in [-0.15, -0.1) is 0 Å². The Hall–Kier alpha value is -0.610. The number of carbonyl (C=O) groups is 1. The van der Waals surface area contributed by atoms with Gasteiger partial charge in [0.1, 0.15) is 0 Å². The van der Waals surface area contributed by atoms with E-state index in [1.807, 2.05) is 4.90 Å². The SMILES string of the molecule is CC1CCCNC1C(=O)N1CC(CO)C1. The maximum Gasteiger partial charge on any atom is 0.240 e. The number of nitrogens with zero attached hydrogens (tertiary/aromatic N) is 1. The molecule has 2 rings (SSSR count). The van der Waals surface area contributed by atoms with Crippen molar-refractivity contribution in [1.82, 2.24) is 10.2 Å². The third-order valence-electron chi connectivity index (χ3n) is 3.56. The molecule has 0 saturated carbocycles. The first-order valence-corrected chi connectivity index (χ1v) is 5.85. The van der Waals surface area contributed by atoms with Crippen molar-refractivity contribution >= 4 is 5.91 Å². The summed E-state index contributed by atoms with van der Waals surface area (Å²) in [7, 11) is 0. The fourth-order valence-electron chi connectivity index (χ4n) is 2.44. The van der Waals surface area contributed by atoms with Crippen LogP contribution in [0.3, 0.4) is 0 Å². The lowest BCUT2D eigenvalue weighted by atomic mass is 9.90. The van der Waals surface area contributed by atoms with Gasteiger partial charge >= 0.3 is 0 Å². The fourth-order valence-corrected chi connectivity index (χ4v) is 2.44. The van der Waals surface area contributed by atoms with Gasteiger partial charge in [-0.25, -0.2) is 0 Å². The number of hydrogen-bond acceptors (Lipinski definition) is 3. The monoisotopic (exact) mass is 212 g/mol. The van der Waals surface area contributed by atoms with E-state index in [0.717, 1.165) is 26.1 Å². The predicted molar refractivity (Wildman–Crippen MR) is 57.3 cm³/mol. The molecule has 4 nitrogen and oxygen atoms in total. The molecule has 2 atom stereocenters. The largest absolute Gasteiger partial charge is 0.396 e. The Morgan fingerprint density at radius 1 is 1.53 bits per heavy atom. The van der Waals surface area contributed by atoms with Gasteiger partial charge < -0.3 is 15.3 Å². The van der Waals surface area contributed by atoms with E-state index < -0.39 is 0 Å². The van der Waals surface area contributed by atoms with Crippen molar-refractivity contribution in [3.8, 4) is 0 Å². The van der Waals surface area contributed by atoms with Gasteiger partial charge in [0.25, 0.3) is 0 Å². The smallest absolute Gasteiger partial charge is 0.240 e. The maximum absolute atomic E-state index is 12.0. The van der Waals surface area contributed by atoms with Crippen LogP contribution >= 0.6 is 0 Å². The van der Waals surface area contributed by atoms with Gasteiger partial charge in [-0.2, -0.15) is 0 Å². The van der Waals surface area contributed by atoms with Crippen LogP contribution in [-0.2, 0) is 4.79 Å². The Kier molecular flexibility index (Phi) is 3.26. The molecule has 2 saturated heterocycles. The number of likely N-dealkylation sites (tertiary alicyclic amines) is 1. The van der Waals surface area contributed by atoms with E-state index in [2.05, 4.69) is 12.2 Å². The number of rotatable bonds is 2. The van der Waals surface area contributed by atoms with E-state index >= 15 is 0 Å². The number of nitrogens with one attached hydrogen (secondary N) is 1. The van der Waals surface area contributed by atoms with Gasteiger partial charge in [0.2, 0.25) is 5.91 Å². The first-order valence-electron chi connectivity index (χ1n) is 5.85. The Morgan fingerprint density at radius 3 is 2.87 bits per heavy atom. The molecule has 2 unspecified atom stereocenters. The number of aliphatic hydroxyl groups excluding tert-OH is 1. The zero-order valence-corrected chi connectivity index (χ0v) is 9.28. The summed E-state index contributed by atoms with van der Waals surface area (Å²) in [5.74, 6) is 0.985. The van der Waals surface area contributed by atoms with Crippen molar-refractivity contribution in [1.29, 1.82) is 0 Å². The summed E-state index contributed by atoms with van der Waals surface area (Å²) in [6.45, 7) is 4.77. The molecule has 0 spiro atoms. The van der Waals surface area contributed by atoms with Crippen LogP contribution in [0, 0.1) is 11.8 Å². The first-order chi connectivity index (χ1) is 7.22. The van der Waals surface area contributed by atoms with Gasteiger partial charge in [0.15, 0.2) is 0 Å². The summed E-state index contributed by atoms with van der Waals surface area (Å²) in [5.41, 5.74) is 0. The second kappa shape index (κ2) is 4.49. The summed E-state index contributed by atoms with van der Waals surface area (Å²) in [5, 5.41) is 12.2. The number of amides is 1. The van der Waals surface area contributed by atoms with Gasteiger partial charge in [-0.1, -0.05) is 6.92 Å². The third kappa shape index (κ3) is 2.16. The maximum atomic E-state index is 12.0. The lowest BCUT2D eigenvalue weighted by Crippen LogP contribution is -2.59. The molecule has 2 aliphatic rings. The molecule has 2 heterocycles. The second-order valence-electron chi connectivity index (χ2n) is 4.84. The van der Waals surface area contributed by atoms with Crippen molar-refractivity contribution in [3.05, 3.63) is 0 Å². The van der Waals surface area contributed by atoms with Gasteiger partial charge in [0.05, 0.1) is 6.04 Å². The van der Waals surface area contributed by atoms with E-state index in [1.54, 1.807) is 0 Å². The van der Waals surface area contributed by atoms with E-state index in [0.29, 0.717) is 11.8 Å². The van der Waals surface area contributed by atoms with Gasteiger partial charge in [-0.05, 0) is 25.3 Å². The molecule has 4 heteroatoms. The average Bonchev–Trinajstić information content (AvgIpc) is 2.16. The number of carbonyl (C=O) groups excluding carboxylic acids is 1.